The second kappa shape index (κ2) is 5.34. The first kappa shape index (κ1) is 15.3. The number of aliphatic hydroxyl groups is 1. The van der Waals surface area contributed by atoms with Crippen molar-refractivity contribution in [2.24, 2.45) is 11.8 Å². The molecule has 3 nitrogen and oxygen atoms in total. The number of aliphatic hydroxyl groups excluding tert-OH is 1. The molecule has 0 aromatic rings. The molecule has 2 aliphatic heterocycles. The highest BCUT2D eigenvalue weighted by molar-refractivity contribution is 5.02. The van der Waals surface area contributed by atoms with Crippen molar-refractivity contribution in [2.75, 3.05) is 19.6 Å². The van der Waals surface area contributed by atoms with Gasteiger partial charge in [-0.2, -0.15) is 0 Å². The van der Waals surface area contributed by atoms with E-state index in [1.165, 1.54) is 32.4 Å². The molecule has 2 saturated heterocycles. The Kier molecular flexibility index (Phi) is 4.29. The molecule has 0 saturated carbocycles. The number of piperidine rings is 1. The SMILES string of the molecule is CCC1CCCN(CC2C(O)C(C)(C)OC2(C)C)C1. The van der Waals surface area contributed by atoms with Crippen molar-refractivity contribution in [3.8, 4) is 0 Å². The van der Waals surface area contributed by atoms with Gasteiger partial charge >= 0.3 is 0 Å². The zero-order chi connectivity index (χ0) is 14.3. The lowest BCUT2D eigenvalue weighted by Crippen LogP contribution is -2.46. The Hall–Kier alpha value is -0.120. The number of ether oxygens (including phenoxy) is 1. The lowest BCUT2D eigenvalue weighted by molar-refractivity contribution is -0.0915. The van der Waals surface area contributed by atoms with Crippen LogP contribution < -0.4 is 0 Å². The van der Waals surface area contributed by atoms with E-state index in [0.29, 0.717) is 0 Å². The van der Waals surface area contributed by atoms with Crippen LogP contribution in [0.15, 0.2) is 0 Å². The lowest BCUT2D eigenvalue weighted by Gasteiger charge is -2.37. The van der Waals surface area contributed by atoms with Gasteiger partial charge in [0.15, 0.2) is 0 Å². The van der Waals surface area contributed by atoms with Crippen LogP contribution in [-0.4, -0.2) is 46.9 Å². The summed E-state index contributed by atoms with van der Waals surface area (Å²) in [7, 11) is 0. The summed E-state index contributed by atoms with van der Waals surface area (Å²) < 4.78 is 6.08. The summed E-state index contributed by atoms with van der Waals surface area (Å²) in [6.07, 6.45) is 3.57. The van der Waals surface area contributed by atoms with Crippen LogP contribution in [0.4, 0.5) is 0 Å². The van der Waals surface area contributed by atoms with E-state index in [0.717, 1.165) is 12.5 Å². The number of hydrogen-bond donors (Lipinski definition) is 1. The number of likely N-dealkylation sites (tertiary alicyclic amines) is 1. The Morgan fingerprint density at radius 1 is 1.21 bits per heavy atom. The van der Waals surface area contributed by atoms with Crippen molar-refractivity contribution < 1.29 is 9.84 Å². The van der Waals surface area contributed by atoms with Crippen LogP contribution in [0.2, 0.25) is 0 Å². The maximum atomic E-state index is 10.6. The van der Waals surface area contributed by atoms with Crippen molar-refractivity contribution in [1.29, 1.82) is 0 Å². The lowest BCUT2D eigenvalue weighted by atomic mass is 9.83. The molecule has 19 heavy (non-hydrogen) atoms. The minimum absolute atomic E-state index is 0.207. The van der Waals surface area contributed by atoms with E-state index >= 15 is 0 Å². The van der Waals surface area contributed by atoms with Gasteiger partial charge < -0.3 is 14.7 Å². The molecule has 0 bridgehead atoms. The Morgan fingerprint density at radius 2 is 1.89 bits per heavy atom. The Labute approximate surface area is 118 Å². The van der Waals surface area contributed by atoms with Crippen LogP contribution >= 0.6 is 0 Å². The van der Waals surface area contributed by atoms with Crippen molar-refractivity contribution in [2.45, 2.75) is 71.2 Å². The van der Waals surface area contributed by atoms with Gasteiger partial charge in [0.05, 0.1) is 17.3 Å². The predicted molar refractivity (Wildman–Crippen MR) is 78.2 cm³/mol. The third kappa shape index (κ3) is 3.14. The molecule has 2 heterocycles. The Balaban J connectivity index is 2.01. The van der Waals surface area contributed by atoms with Crippen LogP contribution in [-0.2, 0) is 4.74 Å². The van der Waals surface area contributed by atoms with Crippen LogP contribution in [0, 0.1) is 11.8 Å². The molecular formula is C16H31NO2. The van der Waals surface area contributed by atoms with E-state index in [-0.39, 0.29) is 17.6 Å². The number of rotatable bonds is 3. The molecule has 3 unspecified atom stereocenters. The highest BCUT2D eigenvalue weighted by atomic mass is 16.5. The summed E-state index contributed by atoms with van der Waals surface area (Å²) in [6, 6.07) is 0. The molecule has 0 aromatic heterocycles. The summed E-state index contributed by atoms with van der Waals surface area (Å²) >= 11 is 0. The standard InChI is InChI=1S/C16H31NO2/c1-6-12-8-7-9-17(10-12)11-13-14(18)16(4,5)19-15(13,2)3/h12-14,18H,6-11H2,1-5H3. The number of hydrogen-bond acceptors (Lipinski definition) is 3. The molecule has 2 rings (SSSR count). The molecule has 2 aliphatic rings. The van der Waals surface area contributed by atoms with E-state index in [2.05, 4.69) is 25.7 Å². The van der Waals surface area contributed by atoms with Gasteiger partial charge in [0.1, 0.15) is 0 Å². The quantitative estimate of drug-likeness (QED) is 0.855. The fourth-order valence-electron chi connectivity index (χ4n) is 3.93. The second-order valence-corrected chi connectivity index (χ2v) is 7.54. The Bertz CT molecular complexity index is 314. The average molecular weight is 269 g/mol. The largest absolute Gasteiger partial charge is 0.390 e. The fourth-order valence-corrected chi connectivity index (χ4v) is 3.93. The molecule has 3 heteroatoms. The average Bonchev–Trinajstić information content (AvgIpc) is 2.48. The third-order valence-electron chi connectivity index (χ3n) is 5.15. The number of nitrogens with zero attached hydrogens (tertiary/aromatic N) is 1. The molecule has 0 amide bonds. The summed E-state index contributed by atoms with van der Waals surface area (Å²) in [4.78, 5) is 2.54. The Morgan fingerprint density at radius 3 is 2.42 bits per heavy atom. The second-order valence-electron chi connectivity index (χ2n) is 7.54. The molecule has 0 aromatic carbocycles. The van der Waals surface area contributed by atoms with Gasteiger partial charge in [-0.15, -0.1) is 0 Å². The van der Waals surface area contributed by atoms with Crippen molar-refractivity contribution in [3.63, 3.8) is 0 Å². The monoisotopic (exact) mass is 269 g/mol. The van der Waals surface area contributed by atoms with Crippen LogP contribution in [0.5, 0.6) is 0 Å². The normalized spacial score (nSPS) is 38.5. The van der Waals surface area contributed by atoms with Gasteiger partial charge in [-0.3, -0.25) is 0 Å². The van der Waals surface area contributed by atoms with Gasteiger partial charge in [0.2, 0.25) is 0 Å². The molecule has 2 fully saturated rings. The minimum Gasteiger partial charge on any atom is -0.390 e. The summed E-state index contributed by atoms with van der Waals surface area (Å²) in [6.45, 7) is 13.9. The van der Waals surface area contributed by atoms with E-state index in [4.69, 9.17) is 4.74 Å². The molecule has 0 aliphatic carbocycles. The first-order chi connectivity index (χ1) is 8.76. The van der Waals surface area contributed by atoms with Crippen molar-refractivity contribution in [1.82, 2.24) is 4.90 Å². The van der Waals surface area contributed by atoms with Gasteiger partial charge in [-0.1, -0.05) is 13.3 Å². The van der Waals surface area contributed by atoms with E-state index < -0.39 is 5.60 Å². The zero-order valence-electron chi connectivity index (χ0n) is 13.3. The molecule has 1 N–H and O–H groups in total. The van der Waals surface area contributed by atoms with Crippen molar-refractivity contribution >= 4 is 0 Å². The first-order valence-electron chi connectivity index (χ1n) is 7.87. The van der Waals surface area contributed by atoms with E-state index in [1.54, 1.807) is 0 Å². The molecular weight excluding hydrogens is 238 g/mol. The van der Waals surface area contributed by atoms with Crippen LogP contribution in [0.1, 0.15) is 53.9 Å². The third-order valence-corrected chi connectivity index (χ3v) is 5.15. The highest BCUT2D eigenvalue weighted by Gasteiger charge is 2.53. The summed E-state index contributed by atoms with van der Waals surface area (Å²) in [5, 5.41) is 10.6. The maximum Gasteiger partial charge on any atom is 0.0896 e. The molecule has 0 spiro atoms. The smallest absolute Gasteiger partial charge is 0.0896 e. The van der Waals surface area contributed by atoms with E-state index in [1.807, 2.05) is 13.8 Å². The first-order valence-corrected chi connectivity index (χ1v) is 7.87. The van der Waals surface area contributed by atoms with Gasteiger partial charge in [-0.05, 0) is 53.0 Å². The molecule has 3 atom stereocenters. The predicted octanol–water partition coefficient (Wildman–Crippen LogP) is 2.67. The van der Waals surface area contributed by atoms with Crippen LogP contribution in [0.3, 0.4) is 0 Å². The van der Waals surface area contributed by atoms with Gasteiger partial charge in [0.25, 0.3) is 0 Å². The van der Waals surface area contributed by atoms with Gasteiger partial charge in [0, 0.05) is 19.0 Å². The summed E-state index contributed by atoms with van der Waals surface area (Å²) in [5.41, 5.74) is -0.657. The maximum absolute atomic E-state index is 10.6. The zero-order valence-corrected chi connectivity index (χ0v) is 13.3. The van der Waals surface area contributed by atoms with E-state index in [9.17, 15) is 5.11 Å². The van der Waals surface area contributed by atoms with Gasteiger partial charge in [-0.25, -0.2) is 0 Å². The molecule has 0 radical (unpaired) electrons. The topological polar surface area (TPSA) is 32.7 Å². The highest BCUT2D eigenvalue weighted by Crippen LogP contribution is 2.42. The summed E-state index contributed by atoms with van der Waals surface area (Å²) in [5.74, 6) is 1.04. The van der Waals surface area contributed by atoms with Crippen molar-refractivity contribution in [3.05, 3.63) is 0 Å². The fraction of sp³-hybridized carbons (Fsp3) is 1.00. The minimum atomic E-state index is -0.423. The van der Waals surface area contributed by atoms with Crippen LogP contribution in [0.25, 0.3) is 0 Å². The molecule has 112 valence electrons.